The summed E-state index contributed by atoms with van der Waals surface area (Å²) < 4.78 is 0. The predicted molar refractivity (Wildman–Crippen MR) is 70.4 cm³/mol. The van der Waals surface area contributed by atoms with Crippen LogP contribution in [0.2, 0.25) is 0 Å². The highest BCUT2D eigenvalue weighted by Crippen LogP contribution is 2.15. The van der Waals surface area contributed by atoms with Crippen molar-refractivity contribution in [2.24, 2.45) is 0 Å². The van der Waals surface area contributed by atoms with Crippen molar-refractivity contribution >= 4 is 18.0 Å². The van der Waals surface area contributed by atoms with Crippen LogP contribution in [0.15, 0.2) is 0 Å². The van der Waals surface area contributed by atoms with Gasteiger partial charge in [-0.15, -0.1) is 0 Å². The number of carbonyl (C=O) groups excluding carboxylic acids is 2. The molecule has 2 aliphatic rings. The molecule has 0 radical (unpaired) electrons. The Hall–Kier alpha value is -1.99. The minimum absolute atomic E-state index is 0.00601. The average Bonchev–Trinajstić information content (AvgIpc) is 2.78. The second kappa shape index (κ2) is 5.98. The average molecular weight is 284 g/mol. The Morgan fingerprint density at radius 1 is 1.45 bits per heavy atom. The standard InChI is InChI=1S/C12H20N4O4/c1-2-3-14(8-10(17)18)12(20)15-4-5-16-9(7-15)6-13-11(16)19/h9H,2-8H2,1H3,(H,13,19)(H,17,18). The highest BCUT2D eigenvalue weighted by molar-refractivity contribution is 5.81. The smallest absolute Gasteiger partial charge is 0.323 e. The van der Waals surface area contributed by atoms with Crippen molar-refractivity contribution in [3.8, 4) is 0 Å². The number of hydrogen-bond acceptors (Lipinski definition) is 3. The molecule has 2 fully saturated rings. The number of carboxylic acids is 1. The third-order valence-corrected chi connectivity index (χ3v) is 3.59. The Morgan fingerprint density at radius 3 is 2.85 bits per heavy atom. The molecule has 2 heterocycles. The number of piperazine rings is 1. The van der Waals surface area contributed by atoms with Crippen LogP contribution in [-0.2, 0) is 4.79 Å². The Bertz CT molecular complexity index is 414. The number of hydrogen-bond donors (Lipinski definition) is 2. The molecule has 0 spiro atoms. The van der Waals surface area contributed by atoms with Gasteiger partial charge in [0.25, 0.3) is 0 Å². The summed E-state index contributed by atoms with van der Waals surface area (Å²) in [5, 5.41) is 11.6. The monoisotopic (exact) mass is 284 g/mol. The normalized spacial score (nSPS) is 21.4. The van der Waals surface area contributed by atoms with E-state index in [1.807, 2.05) is 6.92 Å². The summed E-state index contributed by atoms with van der Waals surface area (Å²) >= 11 is 0. The van der Waals surface area contributed by atoms with Crippen molar-refractivity contribution in [2.75, 3.05) is 39.3 Å². The fourth-order valence-corrected chi connectivity index (χ4v) is 2.65. The molecule has 2 saturated heterocycles. The van der Waals surface area contributed by atoms with Gasteiger partial charge in [0.2, 0.25) is 0 Å². The first-order valence-electron chi connectivity index (χ1n) is 6.83. The van der Waals surface area contributed by atoms with Crippen molar-refractivity contribution in [1.82, 2.24) is 20.0 Å². The summed E-state index contributed by atoms with van der Waals surface area (Å²) in [7, 11) is 0. The molecule has 1 unspecified atom stereocenters. The van der Waals surface area contributed by atoms with Crippen LogP contribution in [-0.4, -0.2) is 83.1 Å². The molecule has 2 N–H and O–H groups in total. The van der Waals surface area contributed by atoms with Gasteiger partial charge >= 0.3 is 18.0 Å². The first-order chi connectivity index (χ1) is 9.52. The highest BCUT2D eigenvalue weighted by Gasteiger charge is 2.37. The lowest BCUT2D eigenvalue weighted by atomic mass is 10.2. The van der Waals surface area contributed by atoms with Crippen LogP contribution in [0.1, 0.15) is 13.3 Å². The SMILES string of the molecule is CCCN(CC(=O)O)C(=O)N1CCN2C(=O)NCC2C1. The molecule has 0 aliphatic carbocycles. The summed E-state index contributed by atoms with van der Waals surface area (Å²) in [4.78, 5) is 39.4. The van der Waals surface area contributed by atoms with Crippen molar-refractivity contribution in [2.45, 2.75) is 19.4 Å². The van der Waals surface area contributed by atoms with Gasteiger partial charge in [0, 0.05) is 32.7 Å². The van der Waals surface area contributed by atoms with E-state index < -0.39 is 5.97 Å². The molecule has 0 aromatic rings. The Balaban J connectivity index is 1.97. The maximum Gasteiger partial charge on any atom is 0.323 e. The third kappa shape index (κ3) is 2.94. The predicted octanol–water partition coefficient (Wildman–Crippen LogP) is -0.388. The molecule has 1 atom stereocenters. The Morgan fingerprint density at radius 2 is 2.20 bits per heavy atom. The second-order valence-corrected chi connectivity index (χ2v) is 5.08. The molecular formula is C12H20N4O4. The van der Waals surface area contributed by atoms with Gasteiger partial charge in [-0.05, 0) is 6.42 Å². The quantitative estimate of drug-likeness (QED) is 0.735. The molecule has 20 heavy (non-hydrogen) atoms. The number of carbonyl (C=O) groups is 3. The minimum Gasteiger partial charge on any atom is -0.480 e. The van der Waals surface area contributed by atoms with Crippen molar-refractivity contribution < 1.29 is 19.5 Å². The zero-order valence-electron chi connectivity index (χ0n) is 11.5. The summed E-state index contributed by atoms with van der Waals surface area (Å²) in [5.74, 6) is -1.01. The number of nitrogens with zero attached hydrogens (tertiary/aromatic N) is 3. The van der Waals surface area contributed by atoms with Crippen molar-refractivity contribution in [1.29, 1.82) is 0 Å². The molecule has 8 nitrogen and oxygen atoms in total. The molecule has 2 rings (SSSR count). The van der Waals surface area contributed by atoms with E-state index in [2.05, 4.69) is 5.32 Å². The molecule has 0 saturated carbocycles. The second-order valence-electron chi connectivity index (χ2n) is 5.08. The summed E-state index contributed by atoms with van der Waals surface area (Å²) in [6.07, 6.45) is 0.711. The topological polar surface area (TPSA) is 93.2 Å². The zero-order chi connectivity index (χ0) is 14.7. The first-order valence-corrected chi connectivity index (χ1v) is 6.83. The summed E-state index contributed by atoms with van der Waals surface area (Å²) in [6.45, 7) is 3.98. The third-order valence-electron chi connectivity index (χ3n) is 3.59. The van der Waals surface area contributed by atoms with Gasteiger partial charge in [-0.2, -0.15) is 0 Å². The molecule has 8 heteroatoms. The molecule has 2 aliphatic heterocycles. The van der Waals surface area contributed by atoms with Gasteiger partial charge in [0.15, 0.2) is 0 Å². The lowest BCUT2D eigenvalue weighted by molar-refractivity contribution is -0.137. The van der Waals surface area contributed by atoms with Gasteiger partial charge in [0.05, 0.1) is 6.04 Å². The van der Waals surface area contributed by atoms with Crippen LogP contribution in [0.5, 0.6) is 0 Å². The van der Waals surface area contributed by atoms with E-state index in [4.69, 9.17) is 5.11 Å². The van der Waals surface area contributed by atoms with Crippen molar-refractivity contribution in [3.63, 3.8) is 0 Å². The number of aliphatic carboxylic acids is 1. The van der Waals surface area contributed by atoms with Gasteiger partial charge in [0.1, 0.15) is 6.54 Å². The largest absolute Gasteiger partial charge is 0.480 e. The van der Waals surface area contributed by atoms with Crippen LogP contribution in [0.25, 0.3) is 0 Å². The highest BCUT2D eigenvalue weighted by atomic mass is 16.4. The Labute approximate surface area is 117 Å². The maximum atomic E-state index is 12.4. The van der Waals surface area contributed by atoms with Crippen molar-refractivity contribution in [3.05, 3.63) is 0 Å². The molecule has 0 bridgehead atoms. The number of carboxylic acid groups (broad SMARTS) is 1. The Kier molecular flexibility index (Phi) is 4.31. The number of nitrogens with one attached hydrogen (secondary N) is 1. The molecule has 112 valence electrons. The first kappa shape index (κ1) is 14.4. The van der Waals surface area contributed by atoms with Gasteiger partial charge in [-0.3, -0.25) is 4.79 Å². The van der Waals surface area contributed by atoms with E-state index in [1.54, 1.807) is 9.80 Å². The van der Waals surface area contributed by atoms with E-state index in [-0.39, 0.29) is 24.6 Å². The zero-order valence-corrected chi connectivity index (χ0v) is 11.5. The van der Waals surface area contributed by atoms with Crippen LogP contribution in [0.4, 0.5) is 9.59 Å². The van der Waals surface area contributed by atoms with Crippen LogP contribution >= 0.6 is 0 Å². The molecule has 4 amide bonds. The van der Waals surface area contributed by atoms with Gasteiger partial charge in [-0.1, -0.05) is 6.92 Å². The molecular weight excluding hydrogens is 264 g/mol. The fraction of sp³-hybridized carbons (Fsp3) is 0.750. The number of rotatable bonds is 4. The summed E-state index contributed by atoms with van der Waals surface area (Å²) in [6, 6.07) is -0.347. The van der Waals surface area contributed by atoms with E-state index >= 15 is 0 Å². The van der Waals surface area contributed by atoms with E-state index in [0.29, 0.717) is 39.1 Å². The maximum absolute atomic E-state index is 12.4. The molecule has 0 aromatic carbocycles. The van der Waals surface area contributed by atoms with Gasteiger partial charge < -0.3 is 25.1 Å². The lowest BCUT2D eigenvalue weighted by Crippen LogP contribution is -2.57. The van der Waals surface area contributed by atoms with Crippen LogP contribution in [0.3, 0.4) is 0 Å². The number of urea groups is 2. The lowest BCUT2D eigenvalue weighted by Gasteiger charge is -2.38. The molecule has 0 aromatic heterocycles. The van der Waals surface area contributed by atoms with Crippen LogP contribution in [0, 0.1) is 0 Å². The van der Waals surface area contributed by atoms with Crippen LogP contribution < -0.4 is 5.32 Å². The minimum atomic E-state index is -1.01. The number of amides is 4. The fourth-order valence-electron chi connectivity index (χ4n) is 2.65. The van der Waals surface area contributed by atoms with E-state index in [0.717, 1.165) is 0 Å². The van der Waals surface area contributed by atoms with E-state index in [1.165, 1.54) is 4.90 Å². The van der Waals surface area contributed by atoms with E-state index in [9.17, 15) is 14.4 Å². The summed E-state index contributed by atoms with van der Waals surface area (Å²) in [5.41, 5.74) is 0. The van der Waals surface area contributed by atoms with Gasteiger partial charge in [-0.25, -0.2) is 9.59 Å². The number of fused-ring (bicyclic) bond motifs is 1.